The first kappa shape index (κ1) is 17.0. The number of hydrogen-bond acceptors (Lipinski definition) is 2. The van der Waals surface area contributed by atoms with Gasteiger partial charge in [0.1, 0.15) is 0 Å². The van der Waals surface area contributed by atoms with Crippen molar-refractivity contribution in [2.24, 2.45) is 0 Å². The second-order valence-electron chi connectivity index (χ2n) is 5.66. The summed E-state index contributed by atoms with van der Waals surface area (Å²) in [6.07, 6.45) is 0.604. The number of rotatable bonds is 7. The summed E-state index contributed by atoms with van der Waals surface area (Å²) in [7, 11) is 0. The second kappa shape index (κ2) is 7.65. The lowest BCUT2D eigenvalue weighted by atomic mass is 9.95. The van der Waals surface area contributed by atoms with Crippen LogP contribution in [-0.4, -0.2) is 34.6 Å². The van der Waals surface area contributed by atoms with Crippen molar-refractivity contribution in [2.45, 2.75) is 52.1 Å². The summed E-state index contributed by atoms with van der Waals surface area (Å²) in [6, 6.07) is 7.92. The minimum atomic E-state index is -0.778. The van der Waals surface area contributed by atoms with E-state index in [0.717, 1.165) is 12.1 Å². The quantitative estimate of drug-likeness (QED) is 0.826. The molecule has 0 aliphatic carbocycles. The van der Waals surface area contributed by atoms with E-state index in [-0.39, 0.29) is 0 Å². The highest BCUT2D eigenvalue weighted by atomic mass is 35.5. The van der Waals surface area contributed by atoms with Gasteiger partial charge in [-0.1, -0.05) is 23.7 Å². The van der Waals surface area contributed by atoms with Crippen LogP contribution in [0.1, 0.15) is 45.6 Å². The first-order valence-electron chi connectivity index (χ1n) is 7.07. The van der Waals surface area contributed by atoms with Gasteiger partial charge in [0.05, 0.1) is 5.92 Å². The molecular weight excluding hydrogens is 274 g/mol. The van der Waals surface area contributed by atoms with E-state index in [0.29, 0.717) is 23.5 Å². The molecule has 0 aliphatic heterocycles. The fraction of sp³-hybridized carbons (Fsp3) is 0.562. The van der Waals surface area contributed by atoms with E-state index in [1.165, 1.54) is 0 Å². The number of aliphatic carboxylic acids is 1. The van der Waals surface area contributed by atoms with Crippen LogP contribution < -0.4 is 0 Å². The normalized spacial score (nSPS) is 13.2. The average molecular weight is 298 g/mol. The molecule has 0 aromatic heterocycles. The summed E-state index contributed by atoms with van der Waals surface area (Å²) in [5, 5.41) is 10.1. The number of carbonyl (C=O) groups is 1. The average Bonchev–Trinajstić information content (AvgIpc) is 2.34. The Bertz CT molecular complexity index is 421. The van der Waals surface area contributed by atoms with Gasteiger partial charge in [-0.3, -0.25) is 9.69 Å². The van der Waals surface area contributed by atoms with Crippen molar-refractivity contribution < 1.29 is 9.90 Å². The topological polar surface area (TPSA) is 40.5 Å². The standard InChI is InChI=1S/C16H24ClNO2/c1-11(2)18(12(3)4)10-9-15(16(19)20)13-5-7-14(17)8-6-13/h5-8,11-12,15H,9-10H2,1-4H3,(H,19,20)/t15-/m1/s1. The van der Waals surface area contributed by atoms with Crippen molar-refractivity contribution in [3.63, 3.8) is 0 Å². The van der Waals surface area contributed by atoms with Gasteiger partial charge >= 0.3 is 5.97 Å². The fourth-order valence-corrected chi connectivity index (χ4v) is 2.64. The molecule has 0 radical (unpaired) electrons. The van der Waals surface area contributed by atoms with Crippen LogP contribution in [0.4, 0.5) is 0 Å². The zero-order valence-corrected chi connectivity index (χ0v) is 13.4. The van der Waals surface area contributed by atoms with Crippen molar-refractivity contribution in [3.8, 4) is 0 Å². The van der Waals surface area contributed by atoms with Gasteiger partial charge in [-0.25, -0.2) is 0 Å². The summed E-state index contributed by atoms with van der Waals surface area (Å²) < 4.78 is 0. The van der Waals surface area contributed by atoms with E-state index in [1.54, 1.807) is 24.3 Å². The maximum atomic E-state index is 11.5. The van der Waals surface area contributed by atoms with Gasteiger partial charge in [0.15, 0.2) is 0 Å². The van der Waals surface area contributed by atoms with Gasteiger partial charge in [-0.15, -0.1) is 0 Å². The minimum absolute atomic E-state index is 0.412. The van der Waals surface area contributed by atoms with Crippen LogP contribution in [0.25, 0.3) is 0 Å². The third kappa shape index (κ3) is 4.80. The summed E-state index contributed by atoms with van der Waals surface area (Å²) in [5.74, 6) is -1.26. The molecule has 1 rings (SSSR count). The van der Waals surface area contributed by atoms with E-state index in [2.05, 4.69) is 32.6 Å². The molecule has 0 bridgehead atoms. The maximum absolute atomic E-state index is 11.5. The lowest BCUT2D eigenvalue weighted by molar-refractivity contribution is -0.139. The van der Waals surface area contributed by atoms with E-state index < -0.39 is 11.9 Å². The molecule has 4 heteroatoms. The summed E-state index contributed by atoms with van der Waals surface area (Å²) in [4.78, 5) is 13.8. The zero-order valence-electron chi connectivity index (χ0n) is 12.6. The summed E-state index contributed by atoms with van der Waals surface area (Å²) in [5.41, 5.74) is 0.814. The monoisotopic (exact) mass is 297 g/mol. The zero-order chi connectivity index (χ0) is 15.3. The van der Waals surface area contributed by atoms with Crippen LogP contribution in [0.3, 0.4) is 0 Å². The summed E-state index contributed by atoms with van der Waals surface area (Å²) >= 11 is 5.85. The molecule has 0 saturated carbocycles. The molecule has 0 aliphatic rings. The van der Waals surface area contributed by atoms with Crippen molar-refractivity contribution >= 4 is 17.6 Å². The van der Waals surface area contributed by atoms with Gasteiger partial charge in [0.2, 0.25) is 0 Å². The van der Waals surface area contributed by atoms with Crippen molar-refractivity contribution in [1.82, 2.24) is 4.90 Å². The molecule has 0 heterocycles. The number of nitrogens with zero attached hydrogens (tertiary/aromatic N) is 1. The Morgan fingerprint density at radius 3 is 2.05 bits per heavy atom. The van der Waals surface area contributed by atoms with Crippen LogP contribution in [0.15, 0.2) is 24.3 Å². The van der Waals surface area contributed by atoms with Crippen LogP contribution >= 0.6 is 11.6 Å². The second-order valence-corrected chi connectivity index (χ2v) is 6.09. The Balaban J connectivity index is 2.78. The molecule has 112 valence electrons. The molecule has 0 unspecified atom stereocenters. The van der Waals surface area contributed by atoms with Gasteiger partial charge in [-0.05, 0) is 58.4 Å². The van der Waals surface area contributed by atoms with Crippen molar-refractivity contribution in [3.05, 3.63) is 34.9 Å². The Hall–Kier alpha value is -1.06. The SMILES string of the molecule is CC(C)N(CC[C@@H](C(=O)O)c1ccc(Cl)cc1)C(C)C. The highest BCUT2D eigenvalue weighted by Gasteiger charge is 2.22. The Morgan fingerprint density at radius 2 is 1.65 bits per heavy atom. The van der Waals surface area contributed by atoms with Crippen LogP contribution in [-0.2, 0) is 4.79 Å². The molecule has 0 saturated heterocycles. The first-order chi connectivity index (χ1) is 9.32. The molecular formula is C16H24ClNO2. The molecule has 1 aromatic rings. The molecule has 0 fully saturated rings. The maximum Gasteiger partial charge on any atom is 0.311 e. The number of carboxylic acids is 1. The minimum Gasteiger partial charge on any atom is -0.481 e. The Morgan fingerprint density at radius 1 is 1.15 bits per heavy atom. The molecule has 3 nitrogen and oxygen atoms in total. The van der Waals surface area contributed by atoms with Gasteiger partial charge in [0.25, 0.3) is 0 Å². The lowest BCUT2D eigenvalue weighted by Gasteiger charge is -2.31. The number of benzene rings is 1. The van der Waals surface area contributed by atoms with Gasteiger partial charge in [0, 0.05) is 17.1 Å². The fourth-order valence-electron chi connectivity index (χ4n) is 2.52. The molecule has 20 heavy (non-hydrogen) atoms. The van der Waals surface area contributed by atoms with Crippen LogP contribution in [0.2, 0.25) is 5.02 Å². The highest BCUT2D eigenvalue weighted by Crippen LogP contribution is 2.23. The third-order valence-electron chi connectivity index (χ3n) is 3.57. The van der Waals surface area contributed by atoms with E-state index in [1.807, 2.05) is 0 Å². The van der Waals surface area contributed by atoms with Crippen molar-refractivity contribution in [1.29, 1.82) is 0 Å². The molecule has 1 aromatic carbocycles. The number of halogens is 1. The molecule has 0 spiro atoms. The number of hydrogen-bond donors (Lipinski definition) is 1. The molecule has 0 amide bonds. The Labute approximate surface area is 126 Å². The first-order valence-corrected chi connectivity index (χ1v) is 7.44. The van der Waals surface area contributed by atoms with Gasteiger partial charge < -0.3 is 5.11 Å². The predicted octanol–water partition coefficient (Wildman–Crippen LogP) is 4.02. The van der Waals surface area contributed by atoms with Gasteiger partial charge in [-0.2, -0.15) is 0 Å². The van der Waals surface area contributed by atoms with Crippen LogP contribution in [0, 0.1) is 0 Å². The highest BCUT2D eigenvalue weighted by molar-refractivity contribution is 6.30. The van der Waals surface area contributed by atoms with E-state index in [4.69, 9.17) is 11.6 Å². The predicted molar refractivity (Wildman–Crippen MR) is 83.4 cm³/mol. The summed E-state index contributed by atoms with van der Waals surface area (Å²) in [6.45, 7) is 9.32. The van der Waals surface area contributed by atoms with E-state index in [9.17, 15) is 9.90 Å². The largest absolute Gasteiger partial charge is 0.481 e. The Kier molecular flexibility index (Phi) is 6.50. The lowest BCUT2D eigenvalue weighted by Crippen LogP contribution is -2.38. The molecule has 1 atom stereocenters. The van der Waals surface area contributed by atoms with Crippen LogP contribution in [0.5, 0.6) is 0 Å². The molecule has 1 N–H and O–H groups in total. The third-order valence-corrected chi connectivity index (χ3v) is 3.83. The number of carboxylic acid groups (broad SMARTS) is 1. The van der Waals surface area contributed by atoms with E-state index >= 15 is 0 Å². The smallest absolute Gasteiger partial charge is 0.311 e. The van der Waals surface area contributed by atoms with Crippen molar-refractivity contribution in [2.75, 3.05) is 6.54 Å².